The first kappa shape index (κ1) is 30.3. The van der Waals surface area contributed by atoms with Gasteiger partial charge < -0.3 is 14.3 Å². The Labute approximate surface area is 219 Å². The fourth-order valence-corrected chi connectivity index (χ4v) is 3.55. The number of esters is 1. The summed E-state index contributed by atoms with van der Waals surface area (Å²) in [6.45, 7) is 2.14. The predicted molar refractivity (Wildman–Crippen MR) is 132 cm³/mol. The fourth-order valence-electron chi connectivity index (χ4n) is 3.55. The molecule has 0 radical (unpaired) electrons. The topological polar surface area (TPSA) is 79.6 Å². The molecule has 190 valence electrons. The smallest absolute Gasteiger partial charge is 0.875 e. The minimum atomic E-state index is -0.257. The number of furan rings is 1. The Balaban J connectivity index is 0.000000904. The van der Waals surface area contributed by atoms with Crippen LogP contribution in [0.1, 0.15) is 81.0 Å². The predicted octanol–water partition coefficient (Wildman–Crippen LogP) is 6.22. The van der Waals surface area contributed by atoms with Gasteiger partial charge in [0.2, 0.25) is 0 Å². The zero-order valence-electron chi connectivity index (χ0n) is 20.5. The average molecular weight is 520 g/mol. The van der Waals surface area contributed by atoms with Crippen LogP contribution in [0.3, 0.4) is 0 Å². The van der Waals surface area contributed by atoms with Gasteiger partial charge in [0.05, 0.1) is 13.0 Å². The van der Waals surface area contributed by atoms with E-state index in [1.54, 1.807) is 19.1 Å². The number of ketones is 1. The molecule has 0 N–H and O–H groups in total. The van der Waals surface area contributed by atoms with Gasteiger partial charge in [0.1, 0.15) is 5.76 Å². The number of ether oxygens (including phenoxy) is 1. The van der Waals surface area contributed by atoms with E-state index >= 15 is 0 Å². The molecule has 0 aliphatic heterocycles. The number of Topliss-reactive ketones (excluding diaryl/α,β-unsaturated/α-hetero) is 1. The molecule has 0 amide bonds. The molecule has 0 unspecified atom stereocenters. The Morgan fingerprint density at radius 1 is 0.914 bits per heavy atom. The summed E-state index contributed by atoms with van der Waals surface area (Å²) < 4.78 is 10.4. The zero-order valence-corrected chi connectivity index (χ0v) is 21.6. The molecule has 35 heavy (non-hydrogen) atoms. The van der Waals surface area contributed by atoms with Gasteiger partial charge in [-0.05, 0) is 37.5 Å². The first-order valence-electron chi connectivity index (χ1n) is 12.3. The molecule has 0 fully saturated rings. The van der Waals surface area contributed by atoms with E-state index in [0.29, 0.717) is 37.4 Å². The minimum Gasteiger partial charge on any atom is -0.875 e. The van der Waals surface area contributed by atoms with Crippen LogP contribution in [-0.2, 0) is 33.0 Å². The third-order valence-corrected chi connectivity index (χ3v) is 5.42. The number of aryl methyl sites for hydroxylation is 1. The maximum atomic E-state index is 12.2. The summed E-state index contributed by atoms with van der Waals surface area (Å²) in [5, 5.41) is 11.9. The van der Waals surface area contributed by atoms with E-state index < -0.39 is 0 Å². The quantitative estimate of drug-likeness (QED) is 0.0738. The molecule has 5 nitrogen and oxygen atoms in total. The Kier molecular flexibility index (Phi) is 16.1. The molecule has 1 aromatic heterocycles. The molecule has 0 saturated heterocycles. The maximum absolute atomic E-state index is 12.2. The molecular formula is C29H36FeO5. The first-order valence-corrected chi connectivity index (χ1v) is 12.3. The van der Waals surface area contributed by atoms with Gasteiger partial charge in [0.15, 0.2) is 11.5 Å². The third-order valence-electron chi connectivity index (χ3n) is 5.42. The molecule has 0 bridgehead atoms. The van der Waals surface area contributed by atoms with Gasteiger partial charge in [-0.15, -0.1) is 5.76 Å². The molecule has 0 spiro atoms. The normalized spacial score (nSPS) is 11.5. The van der Waals surface area contributed by atoms with Crippen molar-refractivity contribution in [1.82, 2.24) is 0 Å². The Morgan fingerprint density at radius 3 is 2.14 bits per heavy atom. The number of rotatable bonds is 14. The van der Waals surface area contributed by atoms with Crippen LogP contribution in [0.15, 0.2) is 82.5 Å². The van der Waals surface area contributed by atoms with E-state index in [1.165, 1.54) is 0 Å². The van der Waals surface area contributed by atoms with E-state index in [0.717, 1.165) is 44.1 Å². The summed E-state index contributed by atoms with van der Waals surface area (Å²) in [6.07, 6.45) is 15.2. The van der Waals surface area contributed by atoms with Gasteiger partial charge in [-0.2, -0.15) is 18.2 Å². The van der Waals surface area contributed by atoms with Gasteiger partial charge >= 0.3 is 23.0 Å². The summed E-state index contributed by atoms with van der Waals surface area (Å²) in [7, 11) is 0. The molecular weight excluding hydrogens is 484 g/mol. The Morgan fingerprint density at radius 2 is 1.54 bits per heavy atom. The summed E-state index contributed by atoms with van der Waals surface area (Å²) in [5.74, 6) is 0.980. The molecule has 1 aromatic carbocycles. The van der Waals surface area contributed by atoms with Crippen LogP contribution in [0, 0.1) is 0 Å². The summed E-state index contributed by atoms with van der Waals surface area (Å²) in [6, 6.07) is 13.4. The standard InChI is InChI=1S/C24H32O5.C5H5.Fe/c1-2-28-24(27)18-16-20-15-17-23(29-20)22(26)14-8-6-4-3-5-7-13-21(25)19-11-9-10-12-19;1-2-4-5-3-1;/h9-12,15,17,25H,2-8,13-14,16,18H2,1H3;1-5H;/q;-1;+2/p-1. The molecule has 2 aromatic rings. The second kappa shape index (κ2) is 18.6. The van der Waals surface area contributed by atoms with Crippen LogP contribution < -0.4 is 5.11 Å². The van der Waals surface area contributed by atoms with Crippen molar-refractivity contribution >= 4 is 11.8 Å². The number of carbonyl (C=O) groups is 2. The Bertz CT molecular complexity index is 903. The van der Waals surface area contributed by atoms with E-state index in [2.05, 4.69) is 0 Å². The Hall–Kier alpha value is -2.69. The second-order valence-corrected chi connectivity index (χ2v) is 8.17. The summed E-state index contributed by atoms with van der Waals surface area (Å²) in [4.78, 5) is 23.6. The minimum absolute atomic E-state index is 0. The van der Waals surface area contributed by atoms with Crippen molar-refractivity contribution in [3.05, 3.63) is 89.6 Å². The molecule has 6 heteroatoms. The number of allylic oxidation sites excluding steroid dienone is 6. The van der Waals surface area contributed by atoms with Crippen LogP contribution in [0.5, 0.6) is 0 Å². The second-order valence-electron chi connectivity index (χ2n) is 8.17. The van der Waals surface area contributed by atoms with Gasteiger partial charge in [0.25, 0.3) is 0 Å². The van der Waals surface area contributed by atoms with Crippen molar-refractivity contribution in [2.75, 3.05) is 6.61 Å². The van der Waals surface area contributed by atoms with E-state index in [9.17, 15) is 14.7 Å². The number of carbonyl (C=O) groups excluding carboxylic acids is 2. The monoisotopic (exact) mass is 520 g/mol. The molecule has 1 aliphatic carbocycles. The van der Waals surface area contributed by atoms with Gasteiger partial charge in [-0.25, -0.2) is 12.1 Å². The largest absolute Gasteiger partial charge is 2.00 e. The van der Waals surface area contributed by atoms with Gasteiger partial charge in [0, 0.05) is 12.8 Å². The van der Waals surface area contributed by atoms with Crippen molar-refractivity contribution in [2.24, 2.45) is 0 Å². The summed E-state index contributed by atoms with van der Waals surface area (Å²) in [5.41, 5.74) is 0.811. The zero-order chi connectivity index (χ0) is 24.4. The van der Waals surface area contributed by atoms with Crippen LogP contribution in [-0.4, -0.2) is 18.4 Å². The van der Waals surface area contributed by atoms with Crippen molar-refractivity contribution in [2.45, 2.75) is 71.1 Å². The van der Waals surface area contributed by atoms with Crippen LogP contribution in [0.25, 0.3) is 0 Å². The number of hydrogen-bond donors (Lipinski definition) is 0. The molecule has 1 aliphatic rings. The van der Waals surface area contributed by atoms with Crippen LogP contribution >= 0.6 is 0 Å². The molecule has 3 rings (SSSR count). The van der Waals surface area contributed by atoms with Crippen LogP contribution in [0.4, 0.5) is 0 Å². The van der Waals surface area contributed by atoms with Crippen molar-refractivity contribution in [1.29, 1.82) is 0 Å². The molecule has 0 saturated carbocycles. The van der Waals surface area contributed by atoms with E-state index in [1.807, 2.05) is 54.6 Å². The summed E-state index contributed by atoms with van der Waals surface area (Å²) >= 11 is 0. The maximum Gasteiger partial charge on any atom is 2.00 e. The first-order chi connectivity index (χ1) is 16.6. The fraction of sp³-hybridized carbons (Fsp3) is 0.414. The molecule has 1 heterocycles. The van der Waals surface area contributed by atoms with E-state index in [-0.39, 0.29) is 41.0 Å². The van der Waals surface area contributed by atoms with Crippen molar-refractivity contribution < 1.29 is 40.9 Å². The average Bonchev–Trinajstić information content (AvgIpc) is 3.63. The number of unbranched alkanes of at least 4 members (excludes halogenated alkanes) is 5. The van der Waals surface area contributed by atoms with Crippen LogP contribution in [0.2, 0.25) is 0 Å². The van der Waals surface area contributed by atoms with Crippen molar-refractivity contribution in [3.8, 4) is 0 Å². The molecule has 0 atom stereocenters. The third kappa shape index (κ3) is 13.1. The SMILES string of the molecule is CCOC(=O)CCc1ccc(C(=O)CCCCCCCCC([O-])=C2C=CC=C2)o1.[Fe+2].c1cc[cH-]c1. The van der Waals surface area contributed by atoms with Gasteiger partial charge in [-0.3, -0.25) is 9.59 Å². The van der Waals surface area contributed by atoms with E-state index in [4.69, 9.17) is 9.15 Å². The van der Waals surface area contributed by atoms with Crippen molar-refractivity contribution in [3.63, 3.8) is 0 Å². The van der Waals surface area contributed by atoms with Gasteiger partial charge in [-0.1, -0.05) is 56.4 Å². The number of hydrogen-bond acceptors (Lipinski definition) is 5.